The normalized spacial score (nSPS) is 21.8. The van der Waals surface area contributed by atoms with E-state index in [4.69, 9.17) is 9.47 Å². The van der Waals surface area contributed by atoms with Gasteiger partial charge in [0.15, 0.2) is 23.2 Å². The quantitative estimate of drug-likeness (QED) is 0.220. The first-order valence-corrected chi connectivity index (χ1v) is 12.9. The lowest BCUT2D eigenvalue weighted by atomic mass is 10.0. The molecule has 1 aliphatic heterocycles. The lowest BCUT2D eigenvalue weighted by Crippen LogP contribution is -2.34. The molecule has 4 aromatic rings. The van der Waals surface area contributed by atoms with E-state index in [2.05, 4.69) is 27.2 Å². The van der Waals surface area contributed by atoms with Crippen LogP contribution in [-0.4, -0.2) is 60.6 Å². The number of benzene rings is 2. The second kappa shape index (κ2) is 11.7. The molecular formula is C29H31N5O5. The second-order valence-corrected chi connectivity index (χ2v) is 9.48. The molecule has 10 nitrogen and oxygen atoms in total. The Morgan fingerprint density at radius 1 is 1.10 bits per heavy atom. The highest BCUT2D eigenvalue weighted by atomic mass is 16.6. The van der Waals surface area contributed by atoms with E-state index < -0.39 is 30.5 Å². The summed E-state index contributed by atoms with van der Waals surface area (Å²) >= 11 is 0. The maximum atomic E-state index is 12.2. The van der Waals surface area contributed by atoms with Gasteiger partial charge in [-0.2, -0.15) is 0 Å². The number of carbonyl (C=O) groups is 1. The zero-order valence-electron chi connectivity index (χ0n) is 21.7. The average Bonchev–Trinajstić information content (AvgIpc) is 3.51. The van der Waals surface area contributed by atoms with Crippen LogP contribution in [0.25, 0.3) is 17.2 Å². The third-order valence-corrected chi connectivity index (χ3v) is 6.77. The number of esters is 1. The molecule has 2 aromatic heterocycles. The number of nitrogens with one attached hydrogen (secondary N) is 1. The zero-order chi connectivity index (χ0) is 27.4. The summed E-state index contributed by atoms with van der Waals surface area (Å²) in [6, 6.07) is 17.8. The number of anilines is 1. The molecule has 2 aromatic carbocycles. The van der Waals surface area contributed by atoms with Gasteiger partial charge in [0.25, 0.3) is 0 Å². The van der Waals surface area contributed by atoms with E-state index in [1.165, 1.54) is 18.7 Å². The maximum Gasteiger partial charge on any atom is 0.330 e. The average molecular weight is 530 g/mol. The van der Waals surface area contributed by atoms with Crippen molar-refractivity contribution in [3.8, 4) is 0 Å². The Kier molecular flexibility index (Phi) is 7.97. The highest BCUT2D eigenvalue weighted by molar-refractivity contribution is 5.87. The van der Waals surface area contributed by atoms with Gasteiger partial charge in [0.2, 0.25) is 0 Å². The topological polar surface area (TPSA) is 132 Å². The highest BCUT2D eigenvalue weighted by Crippen LogP contribution is 2.33. The predicted molar refractivity (Wildman–Crippen MR) is 146 cm³/mol. The van der Waals surface area contributed by atoms with Crippen LogP contribution in [0.3, 0.4) is 0 Å². The van der Waals surface area contributed by atoms with Crippen molar-refractivity contribution in [2.45, 2.75) is 50.8 Å². The number of aryl methyl sites for hydroxylation is 1. The summed E-state index contributed by atoms with van der Waals surface area (Å²) in [5.41, 5.74) is 4.05. The Morgan fingerprint density at radius 2 is 1.87 bits per heavy atom. The Labute approximate surface area is 226 Å². The van der Waals surface area contributed by atoms with Crippen molar-refractivity contribution >= 4 is 29.0 Å². The van der Waals surface area contributed by atoms with Crippen molar-refractivity contribution < 1.29 is 24.5 Å². The fourth-order valence-electron chi connectivity index (χ4n) is 4.57. The summed E-state index contributed by atoms with van der Waals surface area (Å²) in [5.74, 6) is -0.0296. The van der Waals surface area contributed by atoms with Crippen LogP contribution in [-0.2, 0) is 14.3 Å². The third-order valence-electron chi connectivity index (χ3n) is 6.77. The summed E-state index contributed by atoms with van der Waals surface area (Å²) in [6.07, 6.45) is 2.23. The molecule has 0 aliphatic carbocycles. The van der Waals surface area contributed by atoms with E-state index >= 15 is 0 Å². The molecular weight excluding hydrogens is 498 g/mol. The van der Waals surface area contributed by atoms with Gasteiger partial charge in [0.05, 0.1) is 12.4 Å². The van der Waals surface area contributed by atoms with Crippen molar-refractivity contribution in [2.24, 2.45) is 0 Å². The molecule has 5 rings (SSSR count). The van der Waals surface area contributed by atoms with Crippen LogP contribution in [0.2, 0.25) is 0 Å². The molecule has 1 aliphatic rings. The number of ether oxygens (including phenoxy) is 2. The lowest BCUT2D eigenvalue weighted by Gasteiger charge is -2.19. The van der Waals surface area contributed by atoms with E-state index in [9.17, 15) is 15.0 Å². The molecule has 5 atom stereocenters. The van der Waals surface area contributed by atoms with E-state index in [1.807, 2.05) is 61.5 Å². The monoisotopic (exact) mass is 529 g/mol. The zero-order valence-corrected chi connectivity index (χ0v) is 21.7. The molecule has 1 fully saturated rings. The van der Waals surface area contributed by atoms with E-state index in [-0.39, 0.29) is 12.6 Å². The van der Waals surface area contributed by atoms with Gasteiger partial charge in [-0.3, -0.25) is 4.57 Å². The predicted octanol–water partition coefficient (Wildman–Crippen LogP) is 3.57. The smallest absolute Gasteiger partial charge is 0.330 e. The number of carbonyl (C=O) groups excluding carboxylic acids is 1. The largest absolute Gasteiger partial charge is 0.460 e. The van der Waals surface area contributed by atoms with Gasteiger partial charge in [0.1, 0.15) is 31.2 Å². The first-order valence-electron chi connectivity index (χ1n) is 12.9. The third kappa shape index (κ3) is 5.83. The van der Waals surface area contributed by atoms with Crippen molar-refractivity contribution in [1.82, 2.24) is 19.5 Å². The molecule has 0 spiro atoms. The lowest BCUT2D eigenvalue weighted by molar-refractivity contribution is -0.144. The van der Waals surface area contributed by atoms with Gasteiger partial charge in [-0.05, 0) is 30.5 Å². The Hall–Kier alpha value is -4.12. The minimum absolute atomic E-state index is 0.0173. The molecule has 0 radical (unpaired) electrons. The van der Waals surface area contributed by atoms with Gasteiger partial charge < -0.3 is 25.0 Å². The van der Waals surface area contributed by atoms with Gasteiger partial charge in [-0.25, -0.2) is 19.7 Å². The highest BCUT2D eigenvalue weighted by Gasteiger charge is 2.45. The Morgan fingerprint density at radius 3 is 2.62 bits per heavy atom. The molecule has 1 unspecified atom stereocenters. The van der Waals surface area contributed by atoms with E-state index in [0.717, 1.165) is 23.1 Å². The van der Waals surface area contributed by atoms with Crippen LogP contribution in [0.1, 0.15) is 42.3 Å². The summed E-state index contributed by atoms with van der Waals surface area (Å²) in [4.78, 5) is 25.4. The maximum absolute atomic E-state index is 12.2. The molecule has 1 saturated heterocycles. The van der Waals surface area contributed by atoms with Gasteiger partial charge in [-0.15, -0.1) is 0 Å². The fourth-order valence-corrected chi connectivity index (χ4v) is 4.57. The van der Waals surface area contributed by atoms with Crippen LogP contribution in [0.4, 0.5) is 5.82 Å². The first kappa shape index (κ1) is 26.5. The molecule has 10 heteroatoms. The number of imidazole rings is 1. The molecule has 0 bridgehead atoms. The SMILES string of the molecule is CC[C@H](Nc1ncnc2c1ncn2[C@@H]1O[C@H](COC(=O)/C=C/c2ccc(C)cc2)[C@H](O)C1O)c1ccccc1. The van der Waals surface area contributed by atoms with Crippen LogP contribution in [0.15, 0.2) is 73.3 Å². The number of aliphatic hydroxyl groups excluding tert-OH is 2. The van der Waals surface area contributed by atoms with Crippen LogP contribution >= 0.6 is 0 Å². The summed E-state index contributed by atoms with van der Waals surface area (Å²) < 4.78 is 12.7. The number of aromatic nitrogens is 4. The van der Waals surface area contributed by atoms with Crippen molar-refractivity contribution in [1.29, 1.82) is 0 Å². The summed E-state index contributed by atoms with van der Waals surface area (Å²) in [7, 11) is 0. The van der Waals surface area contributed by atoms with Gasteiger partial charge in [0, 0.05) is 6.08 Å². The van der Waals surface area contributed by atoms with Crippen molar-refractivity contribution in [3.05, 3.63) is 90.0 Å². The van der Waals surface area contributed by atoms with Gasteiger partial charge >= 0.3 is 5.97 Å². The number of hydrogen-bond donors (Lipinski definition) is 3. The summed E-state index contributed by atoms with van der Waals surface area (Å²) in [6.45, 7) is 3.84. The Bertz CT molecular complexity index is 1440. The number of aliphatic hydroxyl groups is 2. The number of rotatable bonds is 9. The van der Waals surface area contributed by atoms with Crippen molar-refractivity contribution in [3.63, 3.8) is 0 Å². The second-order valence-electron chi connectivity index (χ2n) is 9.48. The molecule has 202 valence electrons. The number of hydrogen-bond acceptors (Lipinski definition) is 9. The standard InChI is InChI=1S/C29H31N5O5/c1-3-21(20-7-5-4-6-8-20)33-27-24-28(31-16-30-27)34(17-32-24)29-26(37)25(36)22(39-29)15-38-23(35)14-13-19-11-9-18(2)10-12-19/h4-14,16-17,21-22,25-26,29,36-37H,3,15H2,1-2H3,(H,30,31,33)/b14-13+/t21-,22+,25-,26?,29+/m0/s1. The molecule has 0 amide bonds. The molecule has 3 heterocycles. The minimum Gasteiger partial charge on any atom is -0.460 e. The minimum atomic E-state index is -1.28. The van der Waals surface area contributed by atoms with Gasteiger partial charge in [-0.1, -0.05) is 67.1 Å². The van der Waals surface area contributed by atoms with E-state index in [1.54, 1.807) is 10.6 Å². The van der Waals surface area contributed by atoms with Crippen LogP contribution in [0, 0.1) is 6.92 Å². The van der Waals surface area contributed by atoms with E-state index in [0.29, 0.717) is 17.0 Å². The first-order chi connectivity index (χ1) is 18.9. The Balaban J connectivity index is 1.27. The number of fused-ring (bicyclic) bond motifs is 1. The van der Waals surface area contributed by atoms with Crippen LogP contribution < -0.4 is 5.32 Å². The number of nitrogens with zero attached hydrogens (tertiary/aromatic N) is 4. The summed E-state index contributed by atoms with van der Waals surface area (Å²) in [5, 5.41) is 24.8. The van der Waals surface area contributed by atoms with Crippen LogP contribution in [0.5, 0.6) is 0 Å². The molecule has 3 N–H and O–H groups in total. The van der Waals surface area contributed by atoms with Crippen molar-refractivity contribution in [2.75, 3.05) is 11.9 Å². The molecule has 0 saturated carbocycles. The fraction of sp³-hybridized carbons (Fsp3) is 0.310. The molecule has 39 heavy (non-hydrogen) atoms.